The van der Waals surface area contributed by atoms with E-state index in [2.05, 4.69) is 20.0 Å². The first-order valence-corrected chi connectivity index (χ1v) is 16.9. The number of anilines is 1. The first kappa shape index (κ1) is 33.9. The molecule has 4 aromatic rings. The maximum atomic E-state index is 15.2. The highest BCUT2D eigenvalue weighted by atomic mass is 35.5. The fraction of sp³-hybridized carbons (Fsp3) is 0.308. The van der Waals surface area contributed by atoms with Gasteiger partial charge in [0.05, 0.1) is 12.9 Å². The quantitative estimate of drug-likeness (QED) is 0.0887. The summed E-state index contributed by atoms with van der Waals surface area (Å²) in [6.45, 7) is 0.271. The van der Waals surface area contributed by atoms with E-state index in [1.807, 2.05) is 0 Å². The van der Waals surface area contributed by atoms with Gasteiger partial charge in [0.2, 0.25) is 5.28 Å². The molecule has 0 bridgehead atoms. The predicted molar refractivity (Wildman–Crippen MR) is 160 cm³/mol. The molecule has 7 atom stereocenters. The van der Waals surface area contributed by atoms with E-state index < -0.39 is 58.8 Å². The Morgan fingerprint density at radius 2 is 1.85 bits per heavy atom. The van der Waals surface area contributed by atoms with Gasteiger partial charge < -0.3 is 29.7 Å². The van der Waals surface area contributed by atoms with Gasteiger partial charge in [-0.1, -0.05) is 48.5 Å². The number of carbonyl (C=O) groups is 1. The Labute approximate surface area is 265 Å². The van der Waals surface area contributed by atoms with Gasteiger partial charge in [-0.2, -0.15) is 19.4 Å². The third-order valence-corrected chi connectivity index (χ3v) is 9.98. The average Bonchev–Trinajstić information content (AvgIpc) is 3.55. The minimum absolute atomic E-state index is 0.0107. The smallest absolute Gasteiger partial charge is 0.460 e. The van der Waals surface area contributed by atoms with Gasteiger partial charge in [-0.05, 0) is 36.2 Å². The first-order valence-electron chi connectivity index (χ1n) is 13.5. The number of nitrogen functional groups attached to an aromatic ring is 1. The number of esters is 1. The molecule has 5 N–H and O–H groups in total. The molecule has 1 aliphatic rings. The van der Waals surface area contributed by atoms with Crippen LogP contribution in [0.2, 0.25) is 5.28 Å². The van der Waals surface area contributed by atoms with E-state index in [4.69, 9.17) is 40.2 Å². The monoisotopic (exact) mass is 700 g/mol. The third-order valence-electron chi connectivity index (χ3n) is 6.50. The molecule has 0 radical (unpaired) electrons. The van der Waals surface area contributed by atoms with Gasteiger partial charge in [-0.25, -0.2) is 18.5 Å². The van der Waals surface area contributed by atoms with Crippen molar-refractivity contribution in [1.29, 1.82) is 0 Å². The molecule has 2 aromatic heterocycles. The zero-order valence-corrected chi connectivity index (χ0v) is 26.4. The van der Waals surface area contributed by atoms with Crippen LogP contribution in [-0.2, 0) is 38.8 Å². The number of alkyl halides is 1. The number of nitrogens with zero attached hydrogens (tertiary/aromatic N) is 4. The van der Waals surface area contributed by atoms with Crippen molar-refractivity contribution in [1.82, 2.24) is 24.6 Å². The SMILES string of the molecule is C[C@H](NP(=O)(Oc1ccccc1)OP(=O)(O)OC[C@H]1O[C@@H](n2cnc3c(N)nc(Cl)nc32)[C@H](F)C1O)C(=O)OCc1ccccc1. The Kier molecular flexibility index (Phi) is 10.4. The van der Waals surface area contributed by atoms with Gasteiger partial charge in [0.25, 0.3) is 0 Å². The van der Waals surface area contributed by atoms with E-state index in [1.165, 1.54) is 31.2 Å². The number of aliphatic hydroxyl groups is 1. The number of aromatic nitrogens is 4. The van der Waals surface area contributed by atoms with Crippen LogP contribution >= 0.6 is 27.2 Å². The highest BCUT2D eigenvalue weighted by Crippen LogP contribution is 2.60. The van der Waals surface area contributed by atoms with Crippen molar-refractivity contribution in [2.24, 2.45) is 0 Å². The van der Waals surface area contributed by atoms with Crippen LogP contribution in [0.5, 0.6) is 5.75 Å². The summed E-state index contributed by atoms with van der Waals surface area (Å²) < 4.78 is 69.1. The number of carbonyl (C=O) groups excluding carboxylic acids is 1. The molecule has 246 valence electrons. The Morgan fingerprint density at radius 3 is 2.54 bits per heavy atom. The number of phosphoric ester groups is 1. The molecule has 2 aromatic carbocycles. The molecule has 16 nitrogen and oxygen atoms in total. The lowest BCUT2D eigenvalue weighted by atomic mass is 10.1. The molecule has 0 spiro atoms. The minimum Gasteiger partial charge on any atom is -0.460 e. The molecule has 0 saturated carbocycles. The van der Waals surface area contributed by atoms with Crippen molar-refractivity contribution in [2.45, 2.75) is 44.2 Å². The van der Waals surface area contributed by atoms with Gasteiger partial charge in [-0.15, -0.1) is 0 Å². The fourth-order valence-corrected chi connectivity index (χ4v) is 7.45. The average molecular weight is 701 g/mol. The van der Waals surface area contributed by atoms with E-state index in [-0.39, 0.29) is 34.6 Å². The number of nitrogens with one attached hydrogen (secondary N) is 1. The molecule has 46 heavy (non-hydrogen) atoms. The number of phosphoric acid groups is 1. The van der Waals surface area contributed by atoms with Crippen molar-refractivity contribution in [3.05, 3.63) is 77.8 Å². The Bertz CT molecular complexity index is 1770. The number of halogens is 2. The molecule has 1 fully saturated rings. The van der Waals surface area contributed by atoms with Crippen LogP contribution in [0.1, 0.15) is 18.7 Å². The van der Waals surface area contributed by atoms with Crippen LogP contribution in [-0.4, -0.2) is 66.5 Å². The van der Waals surface area contributed by atoms with E-state index in [1.54, 1.807) is 36.4 Å². The molecule has 5 rings (SSSR count). The number of hydrogen-bond donors (Lipinski definition) is 4. The second-order valence-electron chi connectivity index (χ2n) is 9.89. The van der Waals surface area contributed by atoms with Crippen LogP contribution in [0.3, 0.4) is 0 Å². The maximum absolute atomic E-state index is 15.2. The van der Waals surface area contributed by atoms with Crippen LogP contribution < -0.4 is 15.3 Å². The minimum atomic E-state index is -5.32. The van der Waals surface area contributed by atoms with Gasteiger partial charge in [0.1, 0.15) is 36.1 Å². The maximum Gasteiger partial charge on any atom is 0.481 e. The summed E-state index contributed by atoms with van der Waals surface area (Å²) in [5.41, 5.74) is 6.58. The summed E-state index contributed by atoms with van der Waals surface area (Å²) in [5, 5.41) is 12.5. The second-order valence-corrected chi connectivity index (χ2v) is 13.5. The molecule has 3 heterocycles. The summed E-state index contributed by atoms with van der Waals surface area (Å²) in [7, 11) is -10.2. The fourth-order valence-electron chi connectivity index (χ4n) is 4.32. The van der Waals surface area contributed by atoms with Crippen molar-refractivity contribution in [3.8, 4) is 5.75 Å². The van der Waals surface area contributed by atoms with E-state index in [0.29, 0.717) is 5.56 Å². The molecular weight excluding hydrogens is 673 g/mol. The molecular formula is C26H28ClFN6O10P2. The number of aliphatic hydroxyl groups excluding tert-OH is 1. The topological polar surface area (TPSA) is 219 Å². The van der Waals surface area contributed by atoms with Gasteiger partial charge in [0.15, 0.2) is 23.9 Å². The van der Waals surface area contributed by atoms with Crippen LogP contribution in [0.25, 0.3) is 11.2 Å². The molecule has 1 aliphatic heterocycles. The lowest BCUT2D eigenvalue weighted by Crippen LogP contribution is -2.35. The summed E-state index contributed by atoms with van der Waals surface area (Å²) in [4.78, 5) is 34.9. The third kappa shape index (κ3) is 8.07. The highest BCUT2D eigenvalue weighted by Gasteiger charge is 2.48. The lowest BCUT2D eigenvalue weighted by molar-refractivity contribution is -0.146. The summed E-state index contributed by atoms with van der Waals surface area (Å²) >= 11 is 5.86. The number of ether oxygens (including phenoxy) is 2. The number of imidazole rings is 1. The van der Waals surface area contributed by atoms with Crippen molar-refractivity contribution in [2.75, 3.05) is 12.3 Å². The van der Waals surface area contributed by atoms with Crippen LogP contribution in [0.15, 0.2) is 67.0 Å². The van der Waals surface area contributed by atoms with Gasteiger partial charge in [0, 0.05) is 0 Å². The largest absolute Gasteiger partial charge is 0.481 e. The number of fused-ring (bicyclic) bond motifs is 1. The van der Waals surface area contributed by atoms with Gasteiger partial charge in [-0.3, -0.25) is 13.9 Å². The summed E-state index contributed by atoms with van der Waals surface area (Å²) in [6, 6.07) is 14.9. The Morgan fingerprint density at radius 1 is 1.17 bits per heavy atom. The van der Waals surface area contributed by atoms with Crippen LogP contribution in [0.4, 0.5) is 10.2 Å². The summed E-state index contributed by atoms with van der Waals surface area (Å²) in [5.74, 6) is -0.991. The second kappa shape index (κ2) is 14.1. The number of para-hydroxylation sites is 1. The number of hydrogen-bond acceptors (Lipinski definition) is 13. The Hall–Kier alpha value is -3.50. The molecule has 3 unspecified atom stereocenters. The highest BCUT2D eigenvalue weighted by molar-refractivity contribution is 7.63. The zero-order chi connectivity index (χ0) is 33.1. The van der Waals surface area contributed by atoms with Crippen LogP contribution in [0, 0.1) is 0 Å². The van der Waals surface area contributed by atoms with E-state index >= 15 is 4.39 Å². The number of rotatable bonds is 13. The van der Waals surface area contributed by atoms with Crippen molar-refractivity contribution in [3.63, 3.8) is 0 Å². The normalized spacial score (nSPS) is 23.0. The summed E-state index contributed by atoms with van der Waals surface area (Å²) in [6.07, 6.45) is -5.84. The lowest BCUT2D eigenvalue weighted by Gasteiger charge is -2.24. The standard InChI is InChI=1S/C26H28ClFN6O10P2/c1-15(25(36)40-12-16-8-4-2-5-9-16)33-45(37,43-17-10-6-3-7-11-17)44-46(38,39)41-13-18-21(35)19(28)24(42-18)34-14-30-20-22(29)31-26(27)32-23(20)34/h2-11,14-15,18-19,21,24,35H,12-13H2,1H3,(H,33,37)(H,38,39)(H2,29,31,32)/t15-,18+,19+,21?,24+,45?/m0/s1. The van der Waals surface area contributed by atoms with Crippen molar-refractivity contribution >= 4 is 50.1 Å². The molecule has 20 heteroatoms. The predicted octanol–water partition coefficient (Wildman–Crippen LogP) is 3.70. The van der Waals surface area contributed by atoms with Crippen molar-refractivity contribution < 1.29 is 51.1 Å². The van der Waals surface area contributed by atoms with Gasteiger partial charge >= 0.3 is 21.5 Å². The number of nitrogens with two attached hydrogens (primary N) is 1. The molecule has 0 amide bonds. The molecule has 1 saturated heterocycles. The first-order chi connectivity index (χ1) is 21.8. The molecule has 0 aliphatic carbocycles. The number of benzene rings is 2. The van der Waals surface area contributed by atoms with E-state index in [9.17, 15) is 23.9 Å². The van der Waals surface area contributed by atoms with E-state index in [0.717, 1.165) is 10.9 Å². The zero-order valence-electron chi connectivity index (χ0n) is 23.8. The Balaban J connectivity index is 1.26.